The number of hydrogen-bond acceptors (Lipinski definition) is 5. The zero-order valence-electron chi connectivity index (χ0n) is 16.0. The lowest BCUT2D eigenvalue weighted by Gasteiger charge is -2.22. The van der Waals surface area contributed by atoms with Crippen LogP contribution in [0.1, 0.15) is 25.7 Å². The fourth-order valence-corrected chi connectivity index (χ4v) is 4.08. The smallest absolute Gasteiger partial charge is 0.241 e. The Balaban J connectivity index is 1.33. The summed E-state index contributed by atoms with van der Waals surface area (Å²) in [5, 5.41) is 7.30. The molecular formula is C21H24Cl2N4O2. The zero-order valence-corrected chi connectivity index (χ0v) is 17.5. The Hall–Kier alpha value is -2.02. The minimum Gasteiger partial charge on any atom is -0.487 e. The minimum atomic E-state index is -0.135. The van der Waals surface area contributed by atoms with Crippen LogP contribution in [0.5, 0.6) is 5.75 Å². The number of pyridine rings is 1. The topological polar surface area (TPSA) is 66.5 Å². The highest BCUT2D eigenvalue weighted by atomic mass is 35.5. The molecule has 0 aliphatic carbocycles. The molecule has 6 nitrogen and oxygen atoms in total. The second-order valence-electron chi connectivity index (χ2n) is 7.45. The summed E-state index contributed by atoms with van der Waals surface area (Å²) in [4.78, 5) is 18.9. The molecule has 8 heteroatoms. The van der Waals surface area contributed by atoms with E-state index in [1.165, 1.54) is 0 Å². The number of carbonyl (C=O) groups is 1. The van der Waals surface area contributed by atoms with Gasteiger partial charge in [0.05, 0.1) is 22.6 Å². The first-order valence-electron chi connectivity index (χ1n) is 9.95. The van der Waals surface area contributed by atoms with Crippen molar-refractivity contribution in [1.29, 1.82) is 0 Å². The standard InChI is InChI=1S/C21H24Cl2N4O2/c22-14-4-7-20(25-12-14)27-10-8-16(13-27)29-19-6-5-15(11-17(19)23)26-21(28)18-3-1-2-9-24-18/h4-7,11-12,16,18,24H,1-3,8-10,13H2,(H,26,28)/t16-,18+/m0/s1. The van der Waals surface area contributed by atoms with Crippen molar-refractivity contribution in [2.75, 3.05) is 29.9 Å². The first-order valence-corrected chi connectivity index (χ1v) is 10.7. The van der Waals surface area contributed by atoms with Gasteiger partial charge >= 0.3 is 0 Å². The molecule has 2 N–H and O–H groups in total. The van der Waals surface area contributed by atoms with E-state index in [9.17, 15) is 4.79 Å². The van der Waals surface area contributed by atoms with Crippen molar-refractivity contribution in [1.82, 2.24) is 10.3 Å². The van der Waals surface area contributed by atoms with E-state index in [0.717, 1.165) is 51.1 Å². The molecule has 0 saturated carbocycles. The van der Waals surface area contributed by atoms with Gasteiger partial charge in [0.2, 0.25) is 5.91 Å². The highest BCUT2D eigenvalue weighted by Crippen LogP contribution is 2.31. The average molecular weight is 435 g/mol. The number of hydrogen-bond donors (Lipinski definition) is 2. The molecule has 0 unspecified atom stereocenters. The number of carbonyl (C=O) groups excluding carboxylic acids is 1. The Kier molecular flexibility index (Phi) is 6.43. The van der Waals surface area contributed by atoms with Crippen molar-refractivity contribution in [2.45, 2.75) is 37.8 Å². The molecular weight excluding hydrogens is 411 g/mol. The maximum absolute atomic E-state index is 12.4. The van der Waals surface area contributed by atoms with Gasteiger partial charge in [-0.3, -0.25) is 4.79 Å². The third-order valence-electron chi connectivity index (χ3n) is 5.30. The van der Waals surface area contributed by atoms with Crippen molar-refractivity contribution in [2.24, 2.45) is 0 Å². The molecule has 2 atom stereocenters. The summed E-state index contributed by atoms with van der Waals surface area (Å²) in [5.74, 6) is 1.49. The number of nitrogens with zero attached hydrogens (tertiary/aromatic N) is 2. The maximum Gasteiger partial charge on any atom is 0.241 e. The number of halogens is 2. The molecule has 2 aliphatic heterocycles. The quantitative estimate of drug-likeness (QED) is 0.740. The summed E-state index contributed by atoms with van der Waals surface area (Å²) in [6.45, 7) is 2.48. The fourth-order valence-electron chi connectivity index (χ4n) is 3.75. The zero-order chi connectivity index (χ0) is 20.2. The van der Waals surface area contributed by atoms with Gasteiger partial charge in [-0.2, -0.15) is 0 Å². The number of nitrogens with one attached hydrogen (secondary N) is 2. The van der Waals surface area contributed by atoms with Crippen molar-refractivity contribution < 1.29 is 9.53 Å². The maximum atomic E-state index is 12.4. The van der Waals surface area contributed by atoms with Crippen LogP contribution < -0.4 is 20.3 Å². The molecule has 0 bridgehead atoms. The van der Waals surface area contributed by atoms with Crippen LogP contribution in [0, 0.1) is 0 Å². The number of rotatable bonds is 5. The highest BCUT2D eigenvalue weighted by Gasteiger charge is 2.26. The lowest BCUT2D eigenvalue weighted by atomic mass is 10.0. The summed E-state index contributed by atoms with van der Waals surface area (Å²) in [5.41, 5.74) is 0.679. The predicted molar refractivity (Wildman–Crippen MR) is 116 cm³/mol. The lowest BCUT2D eigenvalue weighted by Crippen LogP contribution is -2.43. The largest absolute Gasteiger partial charge is 0.487 e. The Labute approximate surface area is 180 Å². The first kappa shape index (κ1) is 20.3. The normalized spacial score (nSPS) is 21.8. The number of ether oxygens (including phenoxy) is 1. The van der Waals surface area contributed by atoms with Gasteiger partial charge in [-0.25, -0.2) is 4.98 Å². The van der Waals surface area contributed by atoms with Crippen LogP contribution in [0.15, 0.2) is 36.5 Å². The van der Waals surface area contributed by atoms with Crippen molar-refractivity contribution in [3.8, 4) is 5.75 Å². The van der Waals surface area contributed by atoms with E-state index in [1.54, 1.807) is 12.3 Å². The molecule has 2 aromatic rings. The van der Waals surface area contributed by atoms with Crippen molar-refractivity contribution in [3.63, 3.8) is 0 Å². The molecule has 4 rings (SSSR count). The molecule has 3 heterocycles. The lowest BCUT2D eigenvalue weighted by molar-refractivity contribution is -0.118. The van der Waals surface area contributed by atoms with Crippen LogP contribution >= 0.6 is 23.2 Å². The molecule has 2 fully saturated rings. The van der Waals surface area contributed by atoms with Gasteiger partial charge < -0.3 is 20.3 Å². The first-order chi connectivity index (χ1) is 14.1. The molecule has 2 aliphatic rings. The van der Waals surface area contributed by atoms with E-state index in [0.29, 0.717) is 21.5 Å². The summed E-state index contributed by atoms with van der Waals surface area (Å²) >= 11 is 12.3. The Bertz CT molecular complexity index is 856. The molecule has 1 aromatic heterocycles. The molecule has 154 valence electrons. The molecule has 1 amide bonds. The SMILES string of the molecule is O=C(Nc1ccc(O[C@H]2CCN(c3ccc(Cl)cn3)C2)c(Cl)c1)[C@H]1CCCCN1. The third-order valence-corrected chi connectivity index (χ3v) is 5.82. The van der Waals surface area contributed by atoms with E-state index in [4.69, 9.17) is 27.9 Å². The molecule has 1 aromatic carbocycles. The molecule has 2 saturated heterocycles. The minimum absolute atomic E-state index is 0.0173. The van der Waals surface area contributed by atoms with Crippen LogP contribution in [0.4, 0.5) is 11.5 Å². The molecule has 0 radical (unpaired) electrons. The monoisotopic (exact) mass is 434 g/mol. The van der Waals surface area contributed by atoms with Crippen LogP contribution in [0.2, 0.25) is 10.0 Å². The van der Waals surface area contributed by atoms with Crippen molar-refractivity contribution >= 4 is 40.6 Å². The Morgan fingerprint density at radius 1 is 1.21 bits per heavy atom. The highest BCUT2D eigenvalue weighted by molar-refractivity contribution is 6.32. The van der Waals surface area contributed by atoms with E-state index >= 15 is 0 Å². The van der Waals surface area contributed by atoms with Crippen LogP contribution in [-0.2, 0) is 4.79 Å². The molecule has 0 spiro atoms. The number of benzene rings is 1. The predicted octanol–water partition coefficient (Wildman–Crippen LogP) is 4.13. The van der Waals surface area contributed by atoms with Crippen LogP contribution in [0.3, 0.4) is 0 Å². The van der Waals surface area contributed by atoms with Crippen LogP contribution in [0.25, 0.3) is 0 Å². The number of piperidine rings is 1. The van der Waals surface area contributed by atoms with Gasteiger partial charge in [0.1, 0.15) is 17.7 Å². The van der Waals surface area contributed by atoms with E-state index in [1.807, 2.05) is 24.3 Å². The summed E-state index contributed by atoms with van der Waals surface area (Å²) in [6, 6.07) is 9.00. The van der Waals surface area contributed by atoms with Gasteiger partial charge in [-0.15, -0.1) is 0 Å². The van der Waals surface area contributed by atoms with Gasteiger partial charge in [0, 0.05) is 24.8 Å². The fraction of sp³-hybridized carbons (Fsp3) is 0.429. The third kappa shape index (κ3) is 5.13. The summed E-state index contributed by atoms with van der Waals surface area (Å²) < 4.78 is 6.11. The summed E-state index contributed by atoms with van der Waals surface area (Å²) in [6.07, 6.45) is 5.61. The molecule has 29 heavy (non-hydrogen) atoms. The van der Waals surface area contributed by atoms with E-state index < -0.39 is 0 Å². The number of aromatic nitrogens is 1. The number of amides is 1. The second kappa shape index (κ2) is 9.20. The second-order valence-corrected chi connectivity index (χ2v) is 8.29. The van der Waals surface area contributed by atoms with E-state index in [2.05, 4.69) is 20.5 Å². The van der Waals surface area contributed by atoms with Gasteiger partial charge in [-0.05, 0) is 49.7 Å². The Morgan fingerprint density at radius 3 is 2.83 bits per heavy atom. The van der Waals surface area contributed by atoms with Gasteiger partial charge in [-0.1, -0.05) is 29.6 Å². The van der Waals surface area contributed by atoms with Crippen LogP contribution in [-0.4, -0.2) is 42.7 Å². The van der Waals surface area contributed by atoms with Gasteiger partial charge in [0.25, 0.3) is 0 Å². The van der Waals surface area contributed by atoms with E-state index in [-0.39, 0.29) is 18.1 Å². The Morgan fingerprint density at radius 2 is 2.10 bits per heavy atom. The number of anilines is 2. The summed E-state index contributed by atoms with van der Waals surface area (Å²) in [7, 11) is 0. The average Bonchev–Trinajstić information content (AvgIpc) is 3.20. The van der Waals surface area contributed by atoms with Crippen molar-refractivity contribution in [3.05, 3.63) is 46.6 Å². The van der Waals surface area contributed by atoms with Gasteiger partial charge in [0.15, 0.2) is 0 Å².